The molecule has 1 aromatic carbocycles. The summed E-state index contributed by atoms with van der Waals surface area (Å²) >= 11 is 0. The van der Waals surface area contributed by atoms with Crippen LogP contribution in [0.2, 0.25) is 0 Å². The molecule has 0 spiro atoms. The second-order valence-electron chi connectivity index (χ2n) is 6.60. The summed E-state index contributed by atoms with van der Waals surface area (Å²) in [6.45, 7) is 4.13. The molecule has 27 heavy (non-hydrogen) atoms. The lowest BCUT2D eigenvalue weighted by Crippen LogP contribution is -2.19. The van der Waals surface area contributed by atoms with Gasteiger partial charge in [0.05, 0.1) is 11.0 Å². The molecule has 1 fully saturated rings. The van der Waals surface area contributed by atoms with E-state index in [1.807, 2.05) is 13.0 Å². The Bertz CT molecular complexity index is 865. The van der Waals surface area contributed by atoms with Crippen molar-refractivity contribution >= 4 is 21.8 Å². The van der Waals surface area contributed by atoms with Gasteiger partial charge in [-0.1, -0.05) is 12.1 Å². The summed E-state index contributed by atoms with van der Waals surface area (Å²) in [5.41, 5.74) is 1.87. The summed E-state index contributed by atoms with van der Waals surface area (Å²) in [4.78, 5) is 9.00. The van der Waals surface area contributed by atoms with Crippen molar-refractivity contribution < 1.29 is 13.2 Å². The van der Waals surface area contributed by atoms with Crippen molar-refractivity contribution in [3.8, 4) is 0 Å². The van der Waals surface area contributed by atoms with Crippen LogP contribution in [0, 0.1) is 6.92 Å². The lowest BCUT2D eigenvalue weighted by atomic mass is 10.1. The van der Waals surface area contributed by atoms with Gasteiger partial charge in [0, 0.05) is 31.5 Å². The van der Waals surface area contributed by atoms with E-state index in [1.165, 1.54) is 12.1 Å². The van der Waals surface area contributed by atoms with Gasteiger partial charge in [0.1, 0.15) is 5.82 Å². The Labute approximate surface area is 159 Å². The number of aryl methyl sites for hydroxylation is 1. The van der Waals surface area contributed by atoms with E-state index in [1.54, 1.807) is 12.1 Å². The van der Waals surface area contributed by atoms with Crippen LogP contribution in [-0.2, 0) is 21.2 Å². The fourth-order valence-corrected chi connectivity index (χ4v) is 3.44. The normalized spacial score (nSPS) is 17.0. The number of rotatable bonds is 8. The van der Waals surface area contributed by atoms with Gasteiger partial charge in [-0.2, -0.15) is 4.98 Å². The molecule has 0 aliphatic carbocycles. The molecule has 1 aromatic heterocycles. The maximum Gasteiger partial charge on any atom is 0.238 e. The van der Waals surface area contributed by atoms with Crippen LogP contribution >= 0.6 is 0 Å². The average Bonchev–Trinajstić information content (AvgIpc) is 3.13. The van der Waals surface area contributed by atoms with Gasteiger partial charge in [-0.15, -0.1) is 0 Å². The molecule has 0 bridgehead atoms. The highest BCUT2D eigenvalue weighted by molar-refractivity contribution is 7.89. The van der Waals surface area contributed by atoms with Gasteiger partial charge >= 0.3 is 0 Å². The maximum atomic E-state index is 11.3. The third-order valence-electron chi connectivity index (χ3n) is 4.34. The molecule has 9 heteroatoms. The smallest absolute Gasteiger partial charge is 0.238 e. The van der Waals surface area contributed by atoms with Crippen molar-refractivity contribution in [2.75, 3.05) is 30.3 Å². The zero-order valence-electron chi connectivity index (χ0n) is 15.3. The number of anilines is 2. The molecule has 1 saturated heterocycles. The Morgan fingerprint density at radius 2 is 2.00 bits per heavy atom. The van der Waals surface area contributed by atoms with Gasteiger partial charge in [0.15, 0.2) is 0 Å². The Morgan fingerprint density at radius 3 is 2.67 bits per heavy atom. The van der Waals surface area contributed by atoms with Crippen molar-refractivity contribution in [3.05, 3.63) is 41.6 Å². The van der Waals surface area contributed by atoms with E-state index in [0.717, 1.165) is 43.1 Å². The summed E-state index contributed by atoms with van der Waals surface area (Å²) in [6, 6.07) is 8.45. The minimum Gasteiger partial charge on any atom is -0.376 e. The van der Waals surface area contributed by atoms with Crippen molar-refractivity contribution in [2.45, 2.75) is 37.2 Å². The van der Waals surface area contributed by atoms with Crippen LogP contribution in [-0.4, -0.2) is 44.2 Å². The van der Waals surface area contributed by atoms with E-state index in [4.69, 9.17) is 9.88 Å². The molecular weight excluding hydrogens is 366 g/mol. The van der Waals surface area contributed by atoms with Gasteiger partial charge in [-0.25, -0.2) is 18.5 Å². The molecule has 2 aromatic rings. The third-order valence-corrected chi connectivity index (χ3v) is 5.27. The van der Waals surface area contributed by atoms with Crippen molar-refractivity contribution in [2.24, 2.45) is 5.14 Å². The number of hydrogen-bond donors (Lipinski definition) is 3. The number of ether oxygens (including phenoxy) is 1. The van der Waals surface area contributed by atoms with E-state index >= 15 is 0 Å². The Hall–Kier alpha value is -2.23. The molecular formula is C18H25N5O3S. The highest BCUT2D eigenvalue weighted by Crippen LogP contribution is 2.15. The molecule has 1 aliphatic heterocycles. The highest BCUT2D eigenvalue weighted by atomic mass is 32.2. The van der Waals surface area contributed by atoms with E-state index < -0.39 is 10.0 Å². The molecule has 3 rings (SSSR count). The summed E-state index contributed by atoms with van der Waals surface area (Å²) in [5, 5.41) is 11.6. The van der Waals surface area contributed by atoms with E-state index in [0.29, 0.717) is 18.9 Å². The number of benzene rings is 1. The number of sulfonamides is 1. The minimum absolute atomic E-state index is 0.114. The highest BCUT2D eigenvalue weighted by Gasteiger charge is 2.15. The Kier molecular flexibility index (Phi) is 6.25. The first-order valence-corrected chi connectivity index (χ1v) is 10.5. The minimum atomic E-state index is -3.66. The lowest BCUT2D eigenvalue weighted by Gasteiger charge is -2.13. The quantitative estimate of drug-likeness (QED) is 0.626. The summed E-state index contributed by atoms with van der Waals surface area (Å²) < 4.78 is 28.2. The van der Waals surface area contributed by atoms with Crippen LogP contribution in [0.25, 0.3) is 0 Å². The molecule has 1 atom stereocenters. The molecule has 0 saturated carbocycles. The topological polar surface area (TPSA) is 119 Å². The SMILES string of the molecule is Cc1cc(NCC2CCCO2)nc(NCCc2ccc(S(N)(=O)=O)cc2)n1. The molecule has 4 N–H and O–H groups in total. The van der Waals surface area contributed by atoms with Crippen LogP contribution in [0.5, 0.6) is 0 Å². The van der Waals surface area contributed by atoms with Gasteiger partial charge in [-0.3, -0.25) is 0 Å². The first-order chi connectivity index (χ1) is 12.9. The summed E-state index contributed by atoms with van der Waals surface area (Å²) in [7, 11) is -3.66. The molecule has 2 heterocycles. The Morgan fingerprint density at radius 1 is 1.22 bits per heavy atom. The standard InChI is InChI=1S/C18H25N5O3S/c1-13-11-17(21-12-15-3-2-10-26-15)23-18(22-13)20-9-8-14-4-6-16(7-5-14)27(19,24)25/h4-7,11,15H,2-3,8-10,12H2,1H3,(H2,19,24,25)(H2,20,21,22,23). The molecule has 146 valence electrons. The zero-order chi connectivity index (χ0) is 19.3. The third kappa shape index (κ3) is 5.88. The average molecular weight is 391 g/mol. The molecule has 1 aliphatic rings. The number of nitrogens with zero attached hydrogens (tertiary/aromatic N) is 2. The number of nitrogens with two attached hydrogens (primary N) is 1. The largest absolute Gasteiger partial charge is 0.376 e. The summed E-state index contributed by atoms with van der Waals surface area (Å²) in [6.07, 6.45) is 3.14. The molecule has 0 amide bonds. The summed E-state index contributed by atoms with van der Waals surface area (Å²) in [5.74, 6) is 1.34. The van der Waals surface area contributed by atoms with Crippen LogP contribution in [0.4, 0.5) is 11.8 Å². The van der Waals surface area contributed by atoms with Crippen LogP contribution < -0.4 is 15.8 Å². The fraction of sp³-hybridized carbons (Fsp3) is 0.444. The number of primary sulfonamides is 1. The first-order valence-electron chi connectivity index (χ1n) is 8.97. The number of hydrogen-bond acceptors (Lipinski definition) is 7. The van der Waals surface area contributed by atoms with Gasteiger partial charge < -0.3 is 15.4 Å². The predicted octanol–water partition coefficient (Wildman–Crippen LogP) is 1.68. The number of nitrogens with one attached hydrogen (secondary N) is 2. The van der Waals surface area contributed by atoms with Crippen LogP contribution in [0.3, 0.4) is 0 Å². The van der Waals surface area contributed by atoms with Crippen molar-refractivity contribution in [1.29, 1.82) is 0 Å². The molecule has 1 unspecified atom stereocenters. The molecule has 0 radical (unpaired) electrons. The lowest BCUT2D eigenvalue weighted by molar-refractivity contribution is 0.120. The van der Waals surface area contributed by atoms with Gasteiger partial charge in [0.25, 0.3) is 0 Å². The molecule has 8 nitrogen and oxygen atoms in total. The van der Waals surface area contributed by atoms with Crippen LogP contribution in [0.1, 0.15) is 24.1 Å². The predicted molar refractivity (Wildman–Crippen MR) is 104 cm³/mol. The van der Waals surface area contributed by atoms with Gasteiger partial charge in [-0.05, 0) is 43.9 Å². The van der Waals surface area contributed by atoms with Crippen molar-refractivity contribution in [1.82, 2.24) is 9.97 Å². The van der Waals surface area contributed by atoms with Gasteiger partial charge in [0.2, 0.25) is 16.0 Å². The maximum absolute atomic E-state index is 11.3. The zero-order valence-corrected chi connectivity index (χ0v) is 16.1. The first kappa shape index (κ1) is 19.5. The fourth-order valence-electron chi connectivity index (χ4n) is 2.93. The monoisotopic (exact) mass is 391 g/mol. The van der Waals surface area contributed by atoms with E-state index in [9.17, 15) is 8.42 Å². The van der Waals surface area contributed by atoms with E-state index in [-0.39, 0.29) is 11.0 Å². The number of aromatic nitrogens is 2. The van der Waals surface area contributed by atoms with E-state index in [2.05, 4.69) is 20.6 Å². The Balaban J connectivity index is 1.52. The second kappa shape index (κ2) is 8.64. The second-order valence-corrected chi connectivity index (χ2v) is 8.16. The van der Waals surface area contributed by atoms with Crippen molar-refractivity contribution in [3.63, 3.8) is 0 Å². The van der Waals surface area contributed by atoms with Crippen LogP contribution in [0.15, 0.2) is 35.2 Å².